The second-order valence-electron chi connectivity index (χ2n) is 8.30. The van der Waals surface area contributed by atoms with Gasteiger partial charge in [0.25, 0.3) is 0 Å². The van der Waals surface area contributed by atoms with E-state index in [9.17, 15) is 9.18 Å². The van der Waals surface area contributed by atoms with Crippen molar-refractivity contribution < 1.29 is 13.7 Å². The van der Waals surface area contributed by atoms with E-state index in [1.807, 2.05) is 36.1 Å². The molecule has 1 fully saturated rings. The number of carbonyl (C=O) groups excluding carboxylic acids is 1. The highest BCUT2D eigenvalue weighted by Gasteiger charge is 2.21. The summed E-state index contributed by atoms with van der Waals surface area (Å²) >= 11 is 0. The van der Waals surface area contributed by atoms with E-state index in [1.54, 1.807) is 18.2 Å². The molecule has 4 rings (SSSR count). The standard InChI is InChI=1S/C25H29FN4O2/c1-19-8-10-21(11-9-19)25-27-23(32-28-25)7-4-14-29-15-17-30(18-16-29)24(31)13-12-20-5-2-3-6-22(20)26/h2-3,5-6,8-11H,4,7,12-18H2,1H3. The highest BCUT2D eigenvalue weighted by molar-refractivity contribution is 5.76. The van der Waals surface area contributed by atoms with E-state index < -0.39 is 0 Å². The zero-order valence-corrected chi connectivity index (χ0v) is 18.5. The molecule has 0 bridgehead atoms. The lowest BCUT2D eigenvalue weighted by Gasteiger charge is -2.34. The van der Waals surface area contributed by atoms with Gasteiger partial charge in [-0.05, 0) is 37.9 Å². The number of aromatic nitrogens is 2. The molecule has 3 aromatic rings. The maximum absolute atomic E-state index is 13.7. The Hall–Kier alpha value is -3.06. The summed E-state index contributed by atoms with van der Waals surface area (Å²) in [6, 6.07) is 14.7. The zero-order chi connectivity index (χ0) is 22.3. The molecule has 0 aliphatic carbocycles. The van der Waals surface area contributed by atoms with Crippen LogP contribution in [0.3, 0.4) is 0 Å². The van der Waals surface area contributed by atoms with Crippen LogP contribution in [0.25, 0.3) is 11.4 Å². The monoisotopic (exact) mass is 436 g/mol. The molecule has 0 atom stereocenters. The number of hydrogen-bond acceptors (Lipinski definition) is 5. The van der Waals surface area contributed by atoms with Crippen LogP contribution >= 0.6 is 0 Å². The first-order valence-electron chi connectivity index (χ1n) is 11.2. The Kier molecular flexibility index (Phi) is 7.27. The number of piperazine rings is 1. The van der Waals surface area contributed by atoms with Crippen molar-refractivity contribution in [1.29, 1.82) is 0 Å². The summed E-state index contributed by atoms with van der Waals surface area (Å²) in [6.45, 7) is 6.11. The minimum atomic E-state index is -0.239. The quantitative estimate of drug-likeness (QED) is 0.536. The number of rotatable bonds is 8. The third kappa shape index (κ3) is 5.79. The number of benzene rings is 2. The average molecular weight is 437 g/mol. The highest BCUT2D eigenvalue weighted by atomic mass is 19.1. The van der Waals surface area contributed by atoms with Gasteiger partial charge in [-0.15, -0.1) is 0 Å². The number of amides is 1. The predicted molar refractivity (Wildman–Crippen MR) is 121 cm³/mol. The number of carbonyl (C=O) groups is 1. The molecule has 6 nitrogen and oxygen atoms in total. The van der Waals surface area contributed by atoms with E-state index in [0.29, 0.717) is 43.2 Å². The van der Waals surface area contributed by atoms with Crippen LogP contribution in [0.1, 0.15) is 29.9 Å². The fraction of sp³-hybridized carbons (Fsp3) is 0.400. The second-order valence-corrected chi connectivity index (χ2v) is 8.30. The average Bonchev–Trinajstić information content (AvgIpc) is 3.28. The smallest absolute Gasteiger partial charge is 0.227 e. The molecule has 1 saturated heterocycles. The van der Waals surface area contributed by atoms with Gasteiger partial charge in [-0.2, -0.15) is 4.98 Å². The third-order valence-corrected chi connectivity index (χ3v) is 5.93. The van der Waals surface area contributed by atoms with Gasteiger partial charge >= 0.3 is 0 Å². The van der Waals surface area contributed by atoms with Crippen LogP contribution in [0.4, 0.5) is 4.39 Å². The first-order valence-corrected chi connectivity index (χ1v) is 11.2. The van der Waals surface area contributed by atoms with Crippen LogP contribution in [-0.2, 0) is 17.6 Å². The lowest BCUT2D eigenvalue weighted by molar-refractivity contribution is -0.132. The number of aryl methyl sites for hydroxylation is 3. The molecule has 0 saturated carbocycles. The van der Waals surface area contributed by atoms with Gasteiger partial charge in [0.2, 0.25) is 17.6 Å². The van der Waals surface area contributed by atoms with Crippen molar-refractivity contribution in [3.8, 4) is 11.4 Å². The summed E-state index contributed by atoms with van der Waals surface area (Å²) in [7, 11) is 0. The summed E-state index contributed by atoms with van der Waals surface area (Å²) in [5.74, 6) is 1.14. The molecule has 168 valence electrons. The van der Waals surface area contributed by atoms with Crippen LogP contribution in [-0.4, -0.2) is 58.6 Å². The van der Waals surface area contributed by atoms with Gasteiger partial charge in [-0.3, -0.25) is 9.69 Å². The lowest BCUT2D eigenvalue weighted by Crippen LogP contribution is -2.48. The van der Waals surface area contributed by atoms with Gasteiger partial charge in [0, 0.05) is 44.6 Å². The highest BCUT2D eigenvalue weighted by Crippen LogP contribution is 2.17. The lowest BCUT2D eigenvalue weighted by atomic mass is 10.1. The summed E-state index contributed by atoms with van der Waals surface area (Å²) in [5.41, 5.74) is 2.76. The first-order chi connectivity index (χ1) is 15.6. The fourth-order valence-electron chi connectivity index (χ4n) is 3.95. The van der Waals surface area contributed by atoms with E-state index in [4.69, 9.17) is 4.52 Å². The molecule has 1 aliphatic rings. The molecule has 32 heavy (non-hydrogen) atoms. The van der Waals surface area contributed by atoms with Crippen LogP contribution in [0.15, 0.2) is 53.1 Å². The Bertz CT molecular complexity index is 1030. The molecule has 1 aromatic heterocycles. The Morgan fingerprint density at radius 3 is 2.53 bits per heavy atom. The second kappa shape index (κ2) is 10.5. The Morgan fingerprint density at radius 1 is 1.03 bits per heavy atom. The van der Waals surface area contributed by atoms with E-state index >= 15 is 0 Å². The Balaban J connectivity index is 1.16. The molecule has 0 N–H and O–H groups in total. The molecular formula is C25H29FN4O2. The summed E-state index contributed by atoms with van der Waals surface area (Å²) < 4.78 is 19.1. The number of halogens is 1. The largest absolute Gasteiger partial charge is 0.340 e. The van der Waals surface area contributed by atoms with Gasteiger partial charge in [0.15, 0.2) is 0 Å². The first kappa shape index (κ1) is 22.1. The van der Waals surface area contributed by atoms with Crippen LogP contribution in [0.2, 0.25) is 0 Å². The number of nitrogens with zero attached hydrogens (tertiary/aromatic N) is 4. The van der Waals surface area contributed by atoms with E-state index in [2.05, 4.69) is 15.0 Å². The molecule has 1 amide bonds. The molecule has 7 heteroatoms. The number of hydrogen-bond donors (Lipinski definition) is 0. The van der Waals surface area contributed by atoms with Crippen LogP contribution in [0, 0.1) is 12.7 Å². The molecule has 2 heterocycles. The molecule has 0 unspecified atom stereocenters. The maximum atomic E-state index is 13.7. The van der Waals surface area contributed by atoms with Crippen molar-refractivity contribution in [3.63, 3.8) is 0 Å². The van der Waals surface area contributed by atoms with Gasteiger partial charge in [-0.25, -0.2) is 4.39 Å². The van der Waals surface area contributed by atoms with Crippen molar-refractivity contribution in [2.45, 2.75) is 32.6 Å². The van der Waals surface area contributed by atoms with Gasteiger partial charge in [-0.1, -0.05) is 53.2 Å². The molecule has 1 aliphatic heterocycles. The van der Waals surface area contributed by atoms with E-state index in [-0.39, 0.29) is 11.7 Å². The normalized spacial score (nSPS) is 14.6. The Morgan fingerprint density at radius 2 is 1.78 bits per heavy atom. The van der Waals surface area contributed by atoms with Crippen molar-refractivity contribution in [2.75, 3.05) is 32.7 Å². The van der Waals surface area contributed by atoms with Gasteiger partial charge in [0.05, 0.1) is 0 Å². The van der Waals surface area contributed by atoms with E-state index in [1.165, 1.54) is 11.6 Å². The van der Waals surface area contributed by atoms with Gasteiger partial charge in [0.1, 0.15) is 5.82 Å². The van der Waals surface area contributed by atoms with Crippen molar-refractivity contribution in [1.82, 2.24) is 19.9 Å². The summed E-state index contributed by atoms with van der Waals surface area (Å²) in [5, 5.41) is 4.09. The zero-order valence-electron chi connectivity index (χ0n) is 18.5. The topological polar surface area (TPSA) is 62.5 Å². The third-order valence-electron chi connectivity index (χ3n) is 5.93. The molecule has 0 spiro atoms. The minimum absolute atomic E-state index is 0.0994. The SMILES string of the molecule is Cc1ccc(-c2noc(CCCN3CCN(C(=O)CCc4ccccc4F)CC3)n2)cc1. The summed E-state index contributed by atoms with van der Waals surface area (Å²) in [6.07, 6.45) is 2.46. The van der Waals surface area contributed by atoms with Gasteiger partial charge < -0.3 is 9.42 Å². The maximum Gasteiger partial charge on any atom is 0.227 e. The van der Waals surface area contributed by atoms with Crippen LogP contribution in [0.5, 0.6) is 0 Å². The van der Waals surface area contributed by atoms with Crippen LogP contribution < -0.4 is 0 Å². The molecule has 0 radical (unpaired) electrons. The predicted octanol–water partition coefficient (Wildman–Crippen LogP) is 3.89. The Labute approximate surface area is 188 Å². The van der Waals surface area contributed by atoms with Crippen molar-refractivity contribution in [2.24, 2.45) is 0 Å². The van der Waals surface area contributed by atoms with Crippen molar-refractivity contribution >= 4 is 5.91 Å². The fourth-order valence-corrected chi connectivity index (χ4v) is 3.95. The molecule has 2 aromatic carbocycles. The summed E-state index contributed by atoms with van der Waals surface area (Å²) in [4.78, 5) is 21.2. The van der Waals surface area contributed by atoms with E-state index in [0.717, 1.165) is 38.0 Å². The minimum Gasteiger partial charge on any atom is -0.340 e. The molecular weight excluding hydrogens is 407 g/mol. The van der Waals surface area contributed by atoms with Crippen molar-refractivity contribution in [3.05, 3.63) is 71.4 Å².